The number of sulfone groups is 1. The number of carbonyl (C=O) groups excluding carboxylic acids is 1. The Labute approximate surface area is 209 Å². The third-order valence-corrected chi connectivity index (χ3v) is 7.04. The summed E-state index contributed by atoms with van der Waals surface area (Å²) in [5.41, 5.74) is 0.958. The fourth-order valence-corrected chi connectivity index (χ4v) is 4.20. The summed E-state index contributed by atoms with van der Waals surface area (Å²) in [5, 5.41) is 0. The third kappa shape index (κ3) is 6.98. The second-order valence-corrected chi connectivity index (χ2v) is 11.0. The van der Waals surface area contributed by atoms with Crippen molar-refractivity contribution in [1.82, 2.24) is 0 Å². The Morgan fingerprint density at radius 3 is 1.97 bits per heavy atom. The van der Waals surface area contributed by atoms with Crippen LogP contribution in [0.2, 0.25) is 0 Å². The van der Waals surface area contributed by atoms with Crippen LogP contribution in [0.3, 0.4) is 0 Å². The number of hydrogen-bond donors (Lipinski definition) is 0. The zero-order valence-electron chi connectivity index (χ0n) is 20.1. The van der Waals surface area contributed by atoms with Gasteiger partial charge in [0, 0.05) is 18.4 Å². The lowest BCUT2D eigenvalue weighted by Gasteiger charge is -2.20. The fraction of sp³-hybridized carbons (Fsp3) is 0.250. The normalized spacial score (nSPS) is 11.5. The van der Waals surface area contributed by atoms with Crippen LogP contribution in [0.15, 0.2) is 65.6 Å². The highest BCUT2D eigenvalue weighted by molar-refractivity contribution is 7.91. The molecule has 0 heterocycles. The van der Waals surface area contributed by atoms with E-state index >= 15 is 0 Å². The summed E-state index contributed by atoms with van der Waals surface area (Å²) in [6.07, 6.45) is 0.382. The molecular formula is C28H25F3O4S. The van der Waals surface area contributed by atoms with Crippen LogP contribution in [-0.2, 0) is 27.5 Å². The molecule has 188 valence electrons. The highest BCUT2D eigenvalue weighted by Gasteiger charge is 2.22. The number of Topliss-reactive ketones (excluding diaryl/α,β-unsaturated/α-hetero) is 1. The topological polar surface area (TPSA) is 60.4 Å². The van der Waals surface area contributed by atoms with Crippen LogP contribution in [0.25, 0.3) is 0 Å². The van der Waals surface area contributed by atoms with Gasteiger partial charge in [0.1, 0.15) is 5.78 Å². The van der Waals surface area contributed by atoms with Gasteiger partial charge in [-0.15, -0.1) is 0 Å². The second kappa shape index (κ2) is 11.0. The molecule has 3 aromatic rings. The van der Waals surface area contributed by atoms with E-state index in [1.54, 1.807) is 57.2 Å². The molecule has 0 fully saturated rings. The minimum Gasteiger partial charge on any atom is -0.472 e. The lowest BCUT2D eigenvalue weighted by atomic mass is 10.0. The van der Waals surface area contributed by atoms with Gasteiger partial charge in [0.05, 0.1) is 10.6 Å². The molecule has 0 unspecified atom stereocenters. The Morgan fingerprint density at radius 2 is 1.42 bits per heavy atom. The largest absolute Gasteiger partial charge is 0.472 e. The van der Waals surface area contributed by atoms with Crippen LogP contribution in [0, 0.1) is 29.3 Å². The minimum atomic E-state index is -3.28. The van der Waals surface area contributed by atoms with E-state index < -0.39 is 38.6 Å². The van der Waals surface area contributed by atoms with E-state index in [0.717, 1.165) is 23.3 Å². The van der Waals surface area contributed by atoms with Crippen molar-refractivity contribution in [2.45, 2.75) is 44.1 Å². The molecule has 0 radical (unpaired) electrons. The number of carbonyl (C=O) groups is 1. The molecule has 0 aliphatic rings. The van der Waals surface area contributed by atoms with Gasteiger partial charge in [0.2, 0.25) is 5.82 Å². The van der Waals surface area contributed by atoms with Crippen LogP contribution >= 0.6 is 0 Å². The number of halogens is 3. The Bertz CT molecular complexity index is 1420. The van der Waals surface area contributed by atoms with Crippen LogP contribution in [0.5, 0.6) is 5.75 Å². The van der Waals surface area contributed by atoms with E-state index in [0.29, 0.717) is 5.56 Å². The Balaban J connectivity index is 1.60. The fourth-order valence-electron chi connectivity index (χ4n) is 3.32. The molecule has 3 aromatic carbocycles. The van der Waals surface area contributed by atoms with Gasteiger partial charge in [0.15, 0.2) is 32.8 Å². The summed E-state index contributed by atoms with van der Waals surface area (Å²) in [4.78, 5) is 12.7. The average Bonchev–Trinajstić information content (AvgIpc) is 2.84. The molecule has 4 nitrogen and oxygen atoms in total. The van der Waals surface area contributed by atoms with Gasteiger partial charge in [-0.25, -0.2) is 17.2 Å². The predicted octanol–water partition coefficient (Wildman–Crippen LogP) is 5.46. The molecule has 0 bridgehead atoms. The maximum Gasteiger partial charge on any atom is 0.203 e. The van der Waals surface area contributed by atoms with E-state index in [9.17, 15) is 26.4 Å². The molecule has 0 N–H and O–H groups in total. The van der Waals surface area contributed by atoms with Gasteiger partial charge in [-0.2, -0.15) is 4.39 Å². The van der Waals surface area contributed by atoms with E-state index in [2.05, 4.69) is 11.8 Å². The smallest absolute Gasteiger partial charge is 0.203 e. The molecule has 0 aromatic heterocycles. The number of hydrogen-bond acceptors (Lipinski definition) is 4. The number of benzene rings is 3. The van der Waals surface area contributed by atoms with Crippen LogP contribution in [0.1, 0.15) is 37.5 Å². The van der Waals surface area contributed by atoms with Crippen LogP contribution in [-0.4, -0.2) is 25.6 Å². The Hall–Kier alpha value is -3.57. The molecule has 0 saturated heterocycles. The van der Waals surface area contributed by atoms with Crippen LogP contribution < -0.4 is 4.74 Å². The monoisotopic (exact) mass is 514 g/mol. The number of ether oxygens (including phenoxy) is 1. The molecule has 36 heavy (non-hydrogen) atoms. The lowest BCUT2D eigenvalue weighted by Crippen LogP contribution is -2.26. The molecule has 0 aliphatic carbocycles. The first-order valence-electron chi connectivity index (χ1n) is 11.2. The maximum absolute atomic E-state index is 13.9. The molecule has 0 atom stereocenters. The Kier molecular flexibility index (Phi) is 8.26. The maximum atomic E-state index is 13.9. The predicted molar refractivity (Wildman–Crippen MR) is 131 cm³/mol. The highest BCUT2D eigenvalue weighted by Crippen LogP contribution is 2.25. The Morgan fingerprint density at radius 1 is 0.861 bits per heavy atom. The van der Waals surface area contributed by atoms with E-state index in [1.165, 1.54) is 12.1 Å². The lowest BCUT2D eigenvalue weighted by molar-refractivity contribution is -0.117. The highest BCUT2D eigenvalue weighted by atomic mass is 32.2. The zero-order chi connectivity index (χ0) is 26.5. The van der Waals surface area contributed by atoms with Gasteiger partial charge in [-0.05, 0) is 61.4 Å². The van der Waals surface area contributed by atoms with Crippen molar-refractivity contribution in [1.29, 1.82) is 0 Å². The summed E-state index contributed by atoms with van der Waals surface area (Å²) in [5.74, 6) is 0.950. The second-order valence-electron chi connectivity index (χ2n) is 8.67. The third-order valence-electron chi connectivity index (χ3n) is 5.29. The molecule has 8 heteroatoms. The van der Waals surface area contributed by atoms with Crippen molar-refractivity contribution in [3.05, 3.63) is 94.8 Å². The first-order chi connectivity index (χ1) is 16.9. The van der Waals surface area contributed by atoms with Crippen molar-refractivity contribution >= 4 is 15.6 Å². The summed E-state index contributed by atoms with van der Waals surface area (Å²) in [6, 6.07) is 15.1. The van der Waals surface area contributed by atoms with E-state index in [-0.39, 0.29) is 29.3 Å². The number of ketones is 1. The SMILES string of the molecule is CCS(=O)(=O)c1ccc(CC(=O)Cc2ccc(C#CC(C)(C)Oc3ccc(F)c(F)c3F)cc2)cc1. The zero-order valence-corrected chi connectivity index (χ0v) is 20.9. The molecule has 0 amide bonds. The van der Waals surface area contributed by atoms with Gasteiger partial charge in [-0.1, -0.05) is 43.0 Å². The number of rotatable bonds is 8. The quantitative estimate of drug-likeness (QED) is 0.296. The summed E-state index contributed by atoms with van der Waals surface area (Å²) >= 11 is 0. The first-order valence-corrected chi connectivity index (χ1v) is 12.8. The van der Waals surface area contributed by atoms with E-state index in [1.807, 2.05) is 0 Å². The van der Waals surface area contributed by atoms with Crippen molar-refractivity contribution < 1.29 is 31.1 Å². The molecule has 0 spiro atoms. The van der Waals surface area contributed by atoms with Crippen molar-refractivity contribution in [2.24, 2.45) is 0 Å². The van der Waals surface area contributed by atoms with Gasteiger partial charge in [-0.3, -0.25) is 4.79 Å². The van der Waals surface area contributed by atoms with Crippen LogP contribution in [0.4, 0.5) is 13.2 Å². The summed E-state index contributed by atoms with van der Waals surface area (Å²) in [6.45, 7) is 4.71. The molecule has 3 rings (SSSR count). The minimum absolute atomic E-state index is 0.0168. The summed E-state index contributed by atoms with van der Waals surface area (Å²) < 4.78 is 69.6. The van der Waals surface area contributed by atoms with Crippen molar-refractivity contribution in [2.75, 3.05) is 5.75 Å². The first kappa shape index (κ1) is 27.0. The summed E-state index contributed by atoms with van der Waals surface area (Å²) in [7, 11) is -3.28. The van der Waals surface area contributed by atoms with Gasteiger partial charge < -0.3 is 4.74 Å². The standard InChI is InChI=1S/C28H25F3O4S/c1-4-36(33,34)23-11-9-21(10-12-23)18-22(32)17-20-7-5-19(6-8-20)15-16-28(2,3)35-25-14-13-24(29)26(30)27(25)31/h5-14H,4,17-18H2,1-3H3. The van der Waals surface area contributed by atoms with Gasteiger partial charge in [0.25, 0.3) is 0 Å². The molecule has 0 aliphatic heterocycles. The van der Waals surface area contributed by atoms with Crippen molar-refractivity contribution in [3.8, 4) is 17.6 Å². The molecular weight excluding hydrogens is 489 g/mol. The average molecular weight is 515 g/mol. The van der Waals surface area contributed by atoms with E-state index in [4.69, 9.17) is 4.74 Å². The van der Waals surface area contributed by atoms with Crippen molar-refractivity contribution in [3.63, 3.8) is 0 Å². The van der Waals surface area contributed by atoms with Gasteiger partial charge >= 0.3 is 0 Å². The molecule has 0 saturated carbocycles.